The number of carbonyl (C=O) groups is 2. The zero-order chi connectivity index (χ0) is 44.6. The second-order valence-electron chi connectivity index (χ2n) is 21.2. The summed E-state index contributed by atoms with van der Waals surface area (Å²) in [6.07, 6.45) is 6.29. The van der Waals surface area contributed by atoms with Crippen LogP contribution in [0.2, 0.25) is 0 Å². The molecule has 0 amide bonds. The molecule has 8 heterocycles. The minimum Gasteiger partial charge on any atom is -0.481 e. The van der Waals surface area contributed by atoms with E-state index in [2.05, 4.69) is 26.8 Å². The van der Waals surface area contributed by atoms with E-state index >= 15 is 0 Å². The number of ether oxygens (including phenoxy) is 8. The van der Waals surface area contributed by atoms with Gasteiger partial charge in [-0.1, -0.05) is 37.6 Å². The molecule has 8 saturated heterocycles. The van der Waals surface area contributed by atoms with Gasteiger partial charge in [0.15, 0.2) is 17.4 Å². The molecule has 0 unspecified atom stereocenters. The van der Waals surface area contributed by atoms with Crippen LogP contribution in [0.25, 0.3) is 0 Å². The molecule has 62 heavy (non-hydrogen) atoms. The first-order chi connectivity index (χ1) is 29.1. The molecule has 8 aliphatic rings. The fraction of sp³-hybridized carbons (Fsp3) is 0.872. The van der Waals surface area contributed by atoms with E-state index in [1.165, 1.54) is 0 Å². The molecule has 8 fully saturated rings. The van der Waals surface area contributed by atoms with Gasteiger partial charge < -0.3 is 63.4 Å². The number of hydrogen-bond acceptors (Lipinski definition) is 14. The highest BCUT2D eigenvalue weighted by Gasteiger charge is 2.64. The van der Waals surface area contributed by atoms with Crippen LogP contribution in [0.5, 0.6) is 0 Å². The Balaban J connectivity index is 0.863. The lowest BCUT2D eigenvalue weighted by molar-refractivity contribution is -0.359. The number of allylic oxidation sites excluding steroid dienone is 3. The Labute approximate surface area is 365 Å². The summed E-state index contributed by atoms with van der Waals surface area (Å²) in [4.78, 5) is 25.5. The average molecular weight is 877 g/mol. The number of aliphatic hydroxyl groups is 4. The van der Waals surface area contributed by atoms with Gasteiger partial charge >= 0.3 is 5.97 Å². The summed E-state index contributed by atoms with van der Waals surface area (Å²) in [5, 5.41) is 54.0. The Morgan fingerprint density at radius 2 is 1.68 bits per heavy atom. The second kappa shape index (κ2) is 17.1. The molecule has 8 rings (SSSR count). The summed E-state index contributed by atoms with van der Waals surface area (Å²) in [5.41, 5.74) is -1.22. The summed E-state index contributed by atoms with van der Waals surface area (Å²) in [7, 11) is 0. The van der Waals surface area contributed by atoms with E-state index in [4.69, 9.17) is 37.9 Å². The van der Waals surface area contributed by atoms with Gasteiger partial charge in [0.05, 0.1) is 48.1 Å². The Morgan fingerprint density at radius 1 is 0.919 bits per heavy atom. The maximum Gasteiger partial charge on any atom is 0.308 e. The predicted molar refractivity (Wildman–Crippen MR) is 221 cm³/mol. The molecule has 0 aromatic heterocycles. The summed E-state index contributed by atoms with van der Waals surface area (Å²) in [6.45, 7) is 13.9. The molecule has 0 aromatic rings. The van der Waals surface area contributed by atoms with Gasteiger partial charge in [-0.2, -0.15) is 0 Å². The van der Waals surface area contributed by atoms with Gasteiger partial charge in [-0.05, 0) is 97.8 Å². The molecule has 0 radical (unpaired) electrons. The van der Waals surface area contributed by atoms with Crippen LogP contribution in [0.3, 0.4) is 0 Å². The van der Waals surface area contributed by atoms with E-state index in [0.29, 0.717) is 51.6 Å². The van der Waals surface area contributed by atoms with Crippen molar-refractivity contribution in [1.82, 2.24) is 0 Å². The average Bonchev–Trinajstić information content (AvgIpc) is 4.02. The molecule has 8 aliphatic heterocycles. The third-order valence-electron chi connectivity index (χ3n) is 15.7. The number of aliphatic carboxylic acids is 1. The third-order valence-corrected chi connectivity index (χ3v) is 15.7. The molecule has 350 valence electrons. The van der Waals surface area contributed by atoms with Crippen LogP contribution in [-0.2, 0) is 47.5 Å². The number of carbonyl (C=O) groups excluding carboxylic acids is 1. The fourth-order valence-corrected chi connectivity index (χ4v) is 12.1. The summed E-state index contributed by atoms with van der Waals surface area (Å²) < 4.78 is 51.4. The van der Waals surface area contributed by atoms with E-state index in [-0.39, 0.29) is 36.6 Å². The number of carboxylic acids is 1. The molecule has 0 aromatic carbocycles. The summed E-state index contributed by atoms with van der Waals surface area (Å²) >= 11 is 0. The second-order valence-corrected chi connectivity index (χ2v) is 21.2. The van der Waals surface area contributed by atoms with Gasteiger partial charge in [-0.25, -0.2) is 0 Å². The first kappa shape index (κ1) is 46.7. The van der Waals surface area contributed by atoms with Crippen LogP contribution in [0, 0.1) is 17.8 Å². The molecule has 2 bridgehead atoms. The topological polar surface area (TPSA) is 209 Å². The van der Waals surface area contributed by atoms with Crippen molar-refractivity contribution in [2.75, 3.05) is 6.61 Å². The number of hydrogen-bond donors (Lipinski definition) is 5. The molecular formula is C47H72O15. The molecule has 0 aliphatic carbocycles. The van der Waals surface area contributed by atoms with Crippen LogP contribution < -0.4 is 0 Å². The van der Waals surface area contributed by atoms with Crippen LogP contribution in [0.15, 0.2) is 23.8 Å². The normalized spacial score (nSPS) is 50.2. The Hall–Kier alpha value is -1.86. The van der Waals surface area contributed by atoms with Crippen LogP contribution in [0.4, 0.5) is 0 Å². The molecule has 15 nitrogen and oxygen atoms in total. The zero-order valence-corrected chi connectivity index (χ0v) is 37.7. The smallest absolute Gasteiger partial charge is 0.308 e. The van der Waals surface area contributed by atoms with Gasteiger partial charge in [-0.15, -0.1) is 0 Å². The highest BCUT2D eigenvalue weighted by molar-refractivity contribution is 5.86. The number of rotatable bonds is 12. The molecule has 0 saturated carbocycles. The van der Waals surface area contributed by atoms with Crippen molar-refractivity contribution < 1.29 is 73.0 Å². The molecule has 1 spiro atoms. The zero-order valence-electron chi connectivity index (χ0n) is 37.7. The minimum atomic E-state index is -1.86. The lowest BCUT2D eigenvalue weighted by Crippen LogP contribution is -2.59. The first-order valence-electron chi connectivity index (χ1n) is 23.4. The molecule has 19 atom stereocenters. The number of ketones is 1. The van der Waals surface area contributed by atoms with Crippen LogP contribution >= 0.6 is 0 Å². The van der Waals surface area contributed by atoms with E-state index in [1.54, 1.807) is 19.9 Å². The quantitative estimate of drug-likeness (QED) is 0.167. The van der Waals surface area contributed by atoms with Gasteiger partial charge in [-0.3, -0.25) is 9.59 Å². The highest BCUT2D eigenvalue weighted by atomic mass is 16.8. The molecule has 5 N–H and O–H groups in total. The van der Waals surface area contributed by atoms with Gasteiger partial charge in [0.1, 0.15) is 42.2 Å². The van der Waals surface area contributed by atoms with Gasteiger partial charge in [0.25, 0.3) is 0 Å². The van der Waals surface area contributed by atoms with Crippen molar-refractivity contribution in [3.8, 4) is 0 Å². The van der Waals surface area contributed by atoms with Crippen molar-refractivity contribution in [3.63, 3.8) is 0 Å². The largest absolute Gasteiger partial charge is 0.481 e. The minimum absolute atomic E-state index is 0.00421. The fourth-order valence-electron chi connectivity index (χ4n) is 12.1. The van der Waals surface area contributed by atoms with E-state index in [1.807, 2.05) is 19.9 Å². The number of Topliss-reactive ketones (excluding diaryl/α,β-unsaturated/α-hetero) is 1. The van der Waals surface area contributed by atoms with Gasteiger partial charge in [0, 0.05) is 38.5 Å². The standard InChI is InChI=1S/C47H72O15/c1-26(10-11-33-30(48)22-37(56-33)47(54)39(50)28(3)14-20-55-47)21-27(2)23-42(5)16-13-36(60-42)46-19-18-43(6,62-46)25-35(59-46)38-31(49)24-44(7,61-38)40(51)34-12-17-45(58-34)15-8-9-32(57-45)29(4)41(52)53/h10-11,21,27-30,32-40,48,50-51,54H,8-9,12-20,22-25H2,1-7H3,(H,52,53)/b11-10-,26-21-/t27-,28+,29+,30+,32-,33+,34-,35+,36+,37-,38-,39+,40-,42+,43-,44+,45+,46-,47+/m1/s1. The molecule has 15 heteroatoms. The van der Waals surface area contributed by atoms with Gasteiger partial charge in [0.2, 0.25) is 5.79 Å². The van der Waals surface area contributed by atoms with Crippen LogP contribution in [-0.4, -0.2) is 139 Å². The highest BCUT2D eigenvalue weighted by Crippen LogP contribution is 2.55. The van der Waals surface area contributed by atoms with Crippen molar-refractivity contribution in [2.24, 2.45) is 17.8 Å². The van der Waals surface area contributed by atoms with Crippen LogP contribution in [0.1, 0.15) is 138 Å². The summed E-state index contributed by atoms with van der Waals surface area (Å²) in [6, 6.07) is 0. The maximum absolute atomic E-state index is 13.9. The lowest BCUT2D eigenvalue weighted by Gasteiger charge is -2.47. The number of carboxylic acid groups (broad SMARTS) is 1. The maximum atomic E-state index is 13.9. The number of aliphatic hydroxyl groups excluding tert-OH is 3. The van der Waals surface area contributed by atoms with Crippen molar-refractivity contribution in [2.45, 2.75) is 234 Å². The summed E-state index contributed by atoms with van der Waals surface area (Å²) in [5.74, 6) is -5.58. The van der Waals surface area contributed by atoms with E-state index in [0.717, 1.165) is 37.7 Å². The van der Waals surface area contributed by atoms with Crippen molar-refractivity contribution in [1.29, 1.82) is 0 Å². The predicted octanol–water partition coefficient (Wildman–Crippen LogP) is 4.77. The monoisotopic (exact) mass is 876 g/mol. The Kier molecular flexibility index (Phi) is 12.9. The van der Waals surface area contributed by atoms with E-state index < -0.39 is 101 Å². The SMILES string of the molecule is CC(/C=C\[C@@H]1O[C@@H]([C@]2(O)OCC[C@H](C)[C@@H]2O)C[C@@H]1O)=C/[C@@H](C)C[C@]1(C)CC[C@@H]([C@]23CC[C@](C)(C[C@@H]([C@@H]4O[C@](C)([C@H](O)[C@H]5CC[C@]6(CCC[C@H]([C@H](C)C(=O)O)O6)O5)CC4=O)O2)O3)O1. The third kappa shape index (κ3) is 8.89. The molecular weight excluding hydrogens is 805 g/mol. The lowest BCUT2D eigenvalue weighted by atomic mass is 9.87. The Bertz CT molecular complexity index is 1740. The Morgan fingerprint density at radius 3 is 2.44 bits per heavy atom. The van der Waals surface area contributed by atoms with Crippen molar-refractivity contribution >= 4 is 11.8 Å². The van der Waals surface area contributed by atoms with E-state index in [9.17, 15) is 35.1 Å². The number of fused-ring (bicyclic) bond motifs is 2. The first-order valence-corrected chi connectivity index (χ1v) is 23.4. The van der Waals surface area contributed by atoms with Crippen molar-refractivity contribution in [3.05, 3.63) is 23.8 Å².